The van der Waals surface area contributed by atoms with Gasteiger partial charge in [-0.1, -0.05) is 6.07 Å². The Morgan fingerprint density at radius 1 is 1.40 bits per heavy atom. The average Bonchev–Trinajstić information content (AvgIpc) is 2.87. The van der Waals surface area contributed by atoms with Crippen molar-refractivity contribution in [3.8, 4) is 11.5 Å². The number of nitrogens with zero attached hydrogens (tertiary/aromatic N) is 2. The second-order valence-corrected chi connectivity index (χ2v) is 3.82. The molecule has 0 fully saturated rings. The van der Waals surface area contributed by atoms with Gasteiger partial charge in [-0.2, -0.15) is 13.9 Å². The Bertz CT molecular complexity index is 563. The van der Waals surface area contributed by atoms with Crippen molar-refractivity contribution in [3.63, 3.8) is 0 Å². The molecule has 0 aliphatic heterocycles. The lowest BCUT2D eigenvalue weighted by Crippen LogP contribution is -2.03. The molecule has 0 aliphatic carbocycles. The van der Waals surface area contributed by atoms with E-state index in [1.807, 2.05) is 0 Å². The van der Waals surface area contributed by atoms with Gasteiger partial charge in [0.15, 0.2) is 11.5 Å². The molecule has 2 N–H and O–H groups in total. The van der Waals surface area contributed by atoms with Crippen LogP contribution in [-0.4, -0.2) is 22.0 Å². The van der Waals surface area contributed by atoms with Crippen LogP contribution in [-0.2, 0) is 6.54 Å². The van der Waals surface area contributed by atoms with Crippen molar-refractivity contribution in [1.82, 2.24) is 9.78 Å². The van der Waals surface area contributed by atoms with Crippen molar-refractivity contribution in [1.29, 1.82) is 0 Å². The van der Waals surface area contributed by atoms with E-state index in [2.05, 4.69) is 10.4 Å². The van der Waals surface area contributed by atoms with E-state index in [1.54, 1.807) is 12.1 Å². The third kappa shape index (κ3) is 3.74. The molecule has 0 amide bonds. The number of aromatic hydroxyl groups is 1. The van der Waals surface area contributed by atoms with Gasteiger partial charge >= 0.3 is 6.55 Å². The molecule has 110 valence electrons. The number of ether oxygens (including phenoxy) is 1. The van der Waals surface area contributed by atoms with Crippen molar-refractivity contribution in [2.45, 2.75) is 13.1 Å². The molecule has 1 aromatic carbocycles. The fourth-order valence-corrected chi connectivity index (χ4v) is 1.57. The van der Waals surface area contributed by atoms with Gasteiger partial charge in [-0.25, -0.2) is 4.68 Å². The number of benzene rings is 1. The molecule has 0 bridgehead atoms. The molecular weight excluding hydrogens is 292 g/mol. The van der Waals surface area contributed by atoms with Gasteiger partial charge in [0.25, 0.3) is 0 Å². The van der Waals surface area contributed by atoms with Crippen molar-refractivity contribution in [2.24, 2.45) is 0 Å². The predicted octanol–water partition coefficient (Wildman–Crippen LogP) is 3.03. The maximum absolute atomic E-state index is 12.3. The Labute approximate surface area is 120 Å². The Balaban J connectivity index is 0.00000200. The summed E-state index contributed by atoms with van der Waals surface area (Å²) >= 11 is 0. The maximum Gasteiger partial charge on any atom is 0.333 e. The average molecular weight is 306 g/mol. The van der Waals surface area contributed by atoms with Crippen molar-refractivity contribution < 1.29 is 18.6 Å². The number of methoxy groups -OCH3 is 1. The van der Waals surface area contributed by atoms with Gasteiger partial charge in [0.2, 0.25) is 0 Å². The van der Waals surface area contributed by atoms with Gasteiger partial charge in [0.1, 0.15) is 5.82 Å². The largest absolute Gasteiger partial charge is 0.504 e. The molecule has 0 aliphatic rings. The first-order valence-electron chi connectivity index (χ1n) is 5.53. The Morgan fingerprint density at radius 3 is 2.75 bits per heavy atom. The second kappa shape index (κ2) is 6.95. The topological polar surface area (TPSA) is 59.3 Å². The molecule has 1 aromatic heterocycles. The van der Waals surface area contributed by atoms with E-state index in [1.165, 1.54) is 25.4 Å². The zero-order valence-electron chi connectivity index (χ0n) is 10.6. The van der Waals surface area contributed by atoms with Crippen molar-refractivity contribution in [3.05, 3.63) is 36.0 Å². The normalized spacial score (nSPS) is 10.2. The second-order valence-electron chi connectivity index (χ2n) is 3.82. The molecule has 0 unspecified atom stereocenters. The summed E-state index contributed by atoms with van der Waals surface area (Å²) in [6.07, 6.45) is 1.20. The van der Waals surface area contributed by atoms with Crippen LogP contribution in [0.2, 0.25) is 0 Å². The van der Waals surface area contributed by atoms with E-state index in [-0.39, 0.29) is 18.2 Å². The standard InChI is InChI=1S/C12H13F2N3O2.ClH/c1-19-10-6-8(2-3-9(10)18)7-15-11-4-5-17(16-11)12(13)14;/h2-6,12,18H,7H2,1H3,(H,15,16);1H. The Kier molecular flexibility index (Phi) is 5.57. The molecule has 5 nitrogen and oxygen atoms in total. The number of hydrogen-bond acceptors (Lipinski definition) is 4. The van der Waals surface area contributed by atoms with Crippen LogP contribution >= 0.6 is 12.4 Å². The number of phenols is 1. The van der Waals surface area contributed by atoms with Gasteiger partial charge in [-0.15, -0.1) is 12.4 Å². The summed E-state index contributed by atoms with van der Waals surface area (Å²) in [5.41, 5.74) is 0.834. The zero-order valence-corrected chi connectivity index (χ0v) is 11.4. The predicted molar refractivity (Wildman–Crippen MR) is 72.7 cm³/mol. The lowest BCUT2D eigenvalue weighted by atomic mass is 10.2. The minimum atomic E-state index is -2.65. The number of anilines is 1. The maximum atomic E-state index is 12.3. The quantitative estimate of drug-likeness (QED) is 0.891. The molecule has 0 saturated heterocycles. The number of nitrogens with one attached hydrogen (secondary N) is 1. The van der Waals surface area contributed by atoms with E-state index in [0.717, 1.165) is 5.56 Å². The minimum absolute atomic E-state index is 0. The summed E-state index contributed by atoms with van der Waals surface area (Å²) in [6, 6.07) is 6.33. The first kappa shape index (κ1) is 16.0. The lowest BCUT2D eigenvalue weighted by molar-refractivity contribution is 0.0569. The van der Waals surface area contributed by atoms with Gasteiger partial charge in [-0.3, -0.25) is 0 Å². The summed E-state index contributed by atoms with van der Waals surface area (Å²) in [5.74, 6) is 0.762. The van der Waals surface area contributed by atoms with E-state index < -0.39 is 6.55 Å². The SMILES string of the molecule is COc1cc(CNc2ccn(C(F)F)n2)ccc1O.Cl. The van der Waals surface area contributed by atoms with Crippen LogP contribution in [0.5, 0.6) is 11.5 Å². The Hall–Kier alpha value is -2.02. The summed E-state index contributed by atoms with van der Waals surface area (Å²) < 4.78 is 30.2. The molecule has 0 saturated carbocycles. The van der Waals surface area contributed by atoms with E-state index in [4.69, 9.17) is 4.74 Å². The highest BCUT2D eigenvalue weighted by molar-refractivity contribution is 5.85. The summed E-state index contributed by atoms with van der Waals surface area (Å²) in [4.78, 5) is 0. The third-order valence-electron chi connectivity index (χ3n) is 2.53. The van der Waals surface area contributed by atoms with Crippen molar-refractivity contribution in [2.75, 3.05) is 12.4 Å². The summed E-state index contributed by atoms with van der Waals surface area (Å²) in [7, 11) is 1.45. The number of rotatable bonds is 5. The fraction of sp³-hybridized carbons (Fsp3) is 0.250. The van der Waals surface area contributed by atoms with E-state index >= 15 is 0 Å². The third-order valence-corrected chi connectivity index (χ3v) is 2.53. The van der Waals surface area contributed by atoms with E-state index in [9.17, 15) is 13.9 Å². The van der Waals surface area contributed by atoms with Crippen LogP contribution in [0, 0.1) is 0 Å². The molecular formula is C12H14ClF2N3O2. The smallest absolute Gasteiger partial charge is 0.333 e. The Morgan fingerprint density at radius 2 is 2.15 bits per heavy atom. The molecule has 2 rings (SSSR count). The lowest BCUT2D eigenvalue weighted by Gasteiger charge is -2.07. The monoisotopic (exact) mass is 305 g/mol. The molecule has 1 heterocycles. The molecule has 0 atom stereocenters. The zero-order chi connectivity index (χ0) is 13.8. The number of hydrogen-bond donors (Lipinski definition) is 2. The van der Waals surface area contributed by atoms with Crippen LogP contribution in [0.1, 0.15) is 12.1 Å². The highest BCUT2D eigenvalue weighted by atomic mass is 35.5. The molecule has 20 heavy (non-hydrogen) atoms. The highest BCUT2D eigenvalue weighted by Gasteiger charge is 2.07. The van der Waals surface area contributed by atoms with Crippen molar-refractivity contribution >= 4 is 18.2 Å². The van der Waals surface area contributed by atoms with Gasteiger partial charge in [-0.05, 0) is 17.7 Å². The first-order valence-corrected chi connectivity index (χ1v) is 5.53. The summed E-state index contributed by atoms with van der Waals surface area (Å²) in [6.45, 7) is -2.26. The number of phenolic OH excluding ortho intramolecular Hbond substituents is 1. The van der Waals surface area contributed by atoms with Crippen LogP contribution < -0.4 is 10.1 Å². The van der Waals surface area contributed by atoms with Crippen LogP contribution in [0.4, 0.5) is 14.6 Å². The number of alkyl halides is 2. The summed E-state index contributed by atoms with van der Waals surface area (Å²) in [5, 5.41) is 16.0. The molecule has 8 heteroatoms. The number of aromatic nitrogens is 2. The molecule has 0 spiro atoms. The van der Waals surface area contributed by atoms with E-state index in [0.29, 0.717) is 22.8 Å². The van der Waals surface area contributed by atoms with Gasteiger partial charge in [0, 0.05) is 18.8 Å². The highest BCUT2D eigenvalue weighted by Crippen LogP contribution is 2.26. The first-order chi connectivity index (χ1) is 9.10. The number of halogens is 3. The fourth-order valence-electron chi connectivity index (χ4n) is 1.57. The molecule has 2 aromatic rings. The van der Waals surface area contributed by atoms with Crippen LogP contribution in [0.15, 0.2) is 30.5 Å². The van der Waals surface area contributed by atoms with Gasteiger partial charge in [0.05, 0.1) is 7.11 Å². The molecule has 0 radical (unpaired) electrons. The minimum Gasteiger partial charge on any atom is -0.504 e. The van der Waals surface area contributed by atoms with Crippen LogP contribution in [0.3, 0.4) is 0 Å². The van der Waals surface area contributed by atoms with Gasteiger partial charge < -0.3 is 15.2 Å². The van der Waals surface area contributed by atoms with Crippen LogP contribution in [0.25, 0.3) is 0 Å².